The predicted molar refractivity (Wildman–Crippen MR) is 196 cm³/mol. The Kier molecular flexibility index (Phi) is 7.74. The average Bonchev–Trinajstić information content (AvgIpc) is 3.38. The fraction of sp³-hybridized carbons (Fsp3) is 0.243. The molecule has 1 aliphatic heterocycles. The number of nitrogens with zero attached hydrogens (tertiary/aromatic N) is 5. The normalized spacial score (nSPS) is 18.4. The highest BCUT2D eigenvalue weighted by Gasteiger charge is 2.46. The summed E-state index contributed by atoms with van der Waals surface area (Å²) in [6.07, 6.45) is 3.10. The number of aromatic hydroxyl groups is 1. The van der Waals surface area contributed by atoms with Crippen LogP contribution in [0.5, 0.6) is 17.2 Å². The fourth-order valence-corrected chi connectivity index (χ4v) is 8.23. The second kappa shape index (κ2) is 12.1. The lowest BCUT2D eigenvalue weighted by Crippen LogP contribution is -2.40. The molecule has 3 aromatic carbocycles. The maximum Gasteiger partial charge on any atom is 0.347 e. The van der Waals surface area contributed by atoms with Gasteiger partial charge in [0.05, 0.1) is 41.4 Å². The first-order valence-electron chi connectivity index (χ1n) is 16.2. The van der Waals surface area contributed by atoms with Gasteiger partial charge in [0.25, 0.3) is 5.56 Å². The highest BCUT2D eigenvalue weighted by molar-refractivity contribution is 14.1. The lowest BCUT2D eigenvalue weighted by atomic mass is 9.68. The quantitative estimate of drug-likeness (QED) is 0.154. The van der Waals surface area contributed by atoms with Crippen LogP contribution in [0.25, 0.3) is 21.8 Å². The van der Waals surface area contributed by atoms with E-state index in [9.17, 15) is 29.1 Å². The summed E-state index contributed by atoms with van der Waals surface area (Å²) >= 11 is 1.86. The topological polar surface area (TPSA) is 157 Å². The Hall–Kier alpha value is -5.51. The number of halogens is 1. The molecule has 5 aromatic rings. The molecule has 0 saturated heterocycles. The van der Waals surface area contributed by atoms with Crippen molar-refractivity contribution in [3.05, 3.63) is 124 Å². The van der Waals surface area contributed by atoms with E-state index in [1.165, 1.54) is 34.2 Å². The molecule has 1 N–H and O–H groups in total. The number of allylic oxidation sites excluding steroid dienone is 6. The van der Waals surface area contributed by atoms with Crippen molar-refractivity contribution in [3.8, 4) is 17.2 Å². The molecular formula is C37H30IN5O8. The summed E-state index contributed by atoms with van der Waals surface area (Å²) in [5.41, 5.74) is 1.16. The van der Waals surface area contributed by atoms with Crippen LogP contribution in [0, 0.1) is 0 Å². The van der Waals surface area contributed by atoms with Gasteiger partial charge < -0.3 is 19.1 Å². The molecule has 258 valence electrons. The van der Waals surface area contributed by atoms with Crippen molar-refractivity contribution in [1.29, 1.82) is 0 Å². The Morgan fingerprint density at radius 3 is 2.49 bits per heavy atom. The molecule has 13 nitrogen and oxygen atoms in total. The summed E-state index contributed by atoms with van der Waals surface area (Å²) in [6, 6.07) is 13.4. The van der Waals surface area contributed by atoms with Crippen molar-refractivity contribution in [2.24, 2.45) is 7.05 Å². The number of fused-ring (bicyclic) bond motifs is 5. The van der Waals surface area contributed by atoms with Crippen molar-refractivity contribution < 1.29 is 24.2 Å². The van der Waals surface area contributed by atoms with Crippen LogP contribution in [0.4, 0.5) is 0 Å². The summed E-state index contributed by atoms with van der Waals surface area (Å²) in [5, 5.41) is 13.0. The highest BCUT2D eigenvalue weighted by Crippen LogP contribution is 2.52. The molecular weight excluding hydrogens is 769 g/mol. The second-order valence-corrected chi connectivity index (χ2v) is 13.8. The number of carbonyl (C=O) groups is 2. The zero-order chi connectivity index (χ0) is 35.9. The van der Waals surface area contributed by atoms with Crippen molar-refractivity contribution in [3.63, 3.8) is 0 Å². The van der Waals surface area contributed by atoms with Crippen LogP contribution in [0.15, 0.2) is 95.4 Å². The first-order valence-corrected chi connectivity index (χ1v) is 17.3. The SMILES string of the molecule is COc1cc2nc(CCn3c(=O)n4n(c3=O)[C@@H]3CC5=C(C(=O)C(I)=CC5=O)[C@@H](c5ccc6ccccc6c5O)C3=CC4)c(=O)n(C)c2cc1OC. The van der Waals surface area contributed by atoms with Gasteiger partial charge in [-0.05, 0) is 33.6 Å². The van der Waals surface area contributed by atoms with Gasteiger partial charge in [-0.3, -0.25) is 14.4 Å². The molecule has 2 aliphatic carbocycles. The van der Waals surface area contributed by atoms with Crippen molar-refractivity contribution in [2.45, 2.75) is 37.9 Å². The zero-order valence-electron chi connectivity index (χ0n) is 27.7. The monoisotopic (exact) mass is 799 g/mol. The summed E-state index contributed by atoms with van der Waals surface area (Å²) in [6.45, 7) is -0.109. The van der Waals surface area contributed by atoms with Crippen molar-refractivity contribution in [1.82, 2.24) is 23.5 Å². The van der Waals surface area contributed by atoms with Crippen LogP contribution in [0.2, 0.25) is 0 Å². The van der Waals surface area contributed by atoms with Crippen LogP contribution < -0.4 is 26.4 Å². The minimum atomic E-state index is -0.835. The number of phenolic OH excluding ortho intramolecular Hbond substituents is 1. The van der Waals surface area contributed by atoms with Gasteiger partial charge in [0, 0.05) is 72.7 Å². The van der Waals surface area contributed by atoms with Gasteiger partial charge in [-0.15, -0.1) is 0 Å². The van der Waals surface area contributed by atoms with Crippen molar-refractivity contribution >= 4 is 56.0 Å². The maximum absolute atomic E-state index is 14.2. The largest absolute Gasteiger partial charge is 0.507 e. The number of aryl methyl sites for hydroxylation is 2. The predicted octanol–water partition coefficient (Wildman–Crippen LogP) is 3.61. The van der Waals surface area contributed by atoms with Gasteiger partial charge in [-0.1, -0.05) is 42.5 Å². The molecule has 3 heterocycles. The van der Waals surface area contributed by atoms with E-state index in [0.29, 0.717) is 39.1 Å². The summed E-state index contributed by atoms with van der Waals surface area (Å²) < 4.78 is 16.2. The number of aromatic nitrogens is 5. The third-order valence-electron chi connectivity index (χ3n) is 10.1. The van der Waals surface area contributed by atoms with Gasteiger partial charge in [0.1, 0.15) is 11.4 Å². The van der Waals surface area contributed by atoms with Crippen LogP contribution in [-0.4, -0.2) is 54.4 Å². The van der Waals surface area contributed by atoms with Crippen LogP contribution in [0.3, 0.4) is 0 Å². The van der Waals surface area contributed by atoms with E-state index in [4.69, 9.17) is 9.47 Å². The Bertz CT molecular complexity index is 2670. The number of hydrogen-bond donors (Lipinski definition) is 1. The number of ketones is 2. The van der Waals surface area contributed by atoms with E-state index < -0.39 is 23.3 Å². The molecule has 2 aromatic heterocycles. The van der Waals surface area contributed by atoms with Crippen LogP contribution in [-0.2, 0) is 36.1 Å². The van der Waals surface area contributed by atoms with E-state index >= 15 is 0 Å². The Morgan fingerprint density at radius 2 is 1.73 bits per heavy atom. The third-order valence-corrected chi connectivity index (χ3v) is 10.9. The number of Topliss-reactive ketones (excluding diaryl/α,β-unsaturated/α-hetero) is 1. The first-order chi connectivity index (χ1) is 24.5. The van der Waals surface area contributed by atoms with Crippen LogP contribution in [0.1, 0.15) is 29.6 Å². The summed E-state index contributed by atoms with van der Waals surface area (Å²) in [4.78, 5) is 73.2. The van der Waals surface area contributed by atoms with Gasteiger partial charge in [-0.25, -0.2) is 28.5 Å². The van der Waals surface area contributed by atoms with E-state index in [-0.39, 0.29) is 69.2 Å². The minimum absolute atomic E-state index is 0.0123. The molecule has 0 unspecified atom stereocenters. The highest BCUT2D eigenvalue weighted by atomic mass is 127. The standard InChI is InChI=1S/C37H30IN5O8/c1-40-27-17-30(51-3)29(50-2)16-25(27)39-24(35(40)47)11-12-41-36(48)42-13-10-20-26(43(42)37(41)49)14-22-28(44)15-23(38)34(46)32(22)31(20)21-9-8-18-6-4-5-7-19(18)33(21)45/h4-10,15-17,26,31,45H,11-14H2,1-3H3/t26-,31-/m1/s1. The molecule has 0 bridgehead atoms. The van der Waals surface area contributed by atoms with Gasteiger partial charge >= 0.3 is 11.4 Å². The number of ether oxygens (including phenoxy) is 2. The number of carbonyl (C=O) groups excluding carboxylic acids is 2. The van der Waals surface area contributed by atoms with E-state index in [1.54, 1.807) is 37.4 Å². The minimum Gasteiger partial charge on any atom is -0.507 e. The van der Waals surface area contributed by atoms with Crippen LogP contribution >= 0.6 is 22.6 Å². The molecule has 0 spiro atoms. The molecule has 3 aliphatic rings. The molecule has 0 saturated carbocycles. The number of methoxy groups -OCH3 is 2. The molecule has 2 atom stereocenters. The van der Waals surface area contributed by atoms with Gasteiger partial charge in [0.15, 0.2) is 23.1 Å². The molecule has 14 heteroatoms. The maximum atomic E-state index is 14.2. The summed E-state index contributed by atoms with van der Waals surface area (Å²) in [7, 11) is 4.60. The zero-order valence-corrected chi connectivity index (χ0v) is 29.8. The molecule has 0 radical (unpaired) electrons. The lowest BCUT2D eigenvalue weighted by molar-refractivity contribution is -0.115. The number of benzene rings is 3. The Balaban J connectivity index is 1.21. The number of phenols is 1. The second-order valence-electron chi connectivity index (χ2n) is 12.7. The average molecular weight is 800 g/mol. The first kappa shape index (κ1) is 32.7. The molecule has 8 rings (SSSR count). The smallest absolute Gasteiger partial charge is 0.347 e. The Morgan fingerprint density at radius 1 is 0.980 bits per heavy atom. The fourth-order valence-electron chi connectivity index (χ4n) is 7.66. The van der Waals surface area contributed by atoms with Gasteiger partial charge in [0.2, 0.25) is 0 Å². The lowest BCUT2D eigenvalue weighted by Gasteiger charge is -2.39. The van der Waals surface area contributed by atoms with E-state index in [0.717, 1.165) is 9.95 Å². The number of rotatable bonds is 6. The molecule has 0 amide bonds. The molecule has 0 fully saturated rings. The van der Waals surface area contributed by atoms with E-state index in [1.807, 2.05) is 46.9 Å². The summed E-state index contributed by atoms with van der Waals surface area (Å²) in [5.74, 6) is -0.643. The van der Waals surface area contributed by atoms with Crippen molar-refractivity contribution in [2.75, 3.05) is 14.2 Å². The third kappa shape index (κ3) is 4.87. The number of hydrogen-bond acceptors (Lipinski definition) is 9. The van der Waals surface area contributed by atoms with E-state index in [2.05, 4.69) is 4.98 Å². The Labute approximate surface area is 302 Å². The molecule has 51 heavy (non-hydrogen) atoms. The van der Waals surface area contributed by atoms with Gasteiger partial charge in [-0.2, -0.15) is 0 Å².